The minimum absolute atomic E-state index is 0.135. The van der Waals surface area contributed by atoms with Crippen molar-refractivity contribution < 1.29 is 9.53 Å². The molecule has 1 aliphatic rings. The summed E-state index contributed by atoms with van der Waals surface area (Å²) in [5.74, 6) is 0.499. The number of thiazole rings is 1. The maximum absolute atomic E-state index is 12.3. The maximum atomic E-state index is 12.3. The maximum Gasteiger partial charge on any atom is 0.255 e. The molecule has 0 aliphatic carbocycles. The summed E-state index contributed by atoms with van der Waals surface area (Å²) in [6.07, 6.45) is 2.83. The Bertz CT molecular complexity index is 654. The molecule has 5 nitrogen and oxygen atoms in total. The zero-order valence-corrected chi connectivity index (χ0v) is 12.6. The van der Waals surface area contributed by atoms with E-state index in [1.165, 1.54) is 4.88 Å². The van der Waals surface area contributed by atoms with Crippen molar-refractivity contribution in [2.45, 2.75) is 19.9 Å². The summed E-state index contributed by atoms with van der Waals surface area (Å²) in [5.41, 5.74) is 1.43. The van der Waals surface area contributed by atoms with Crippen LogP contribution in [0, 0.1) is 0 Å². The van der Waals surface area contributed by atoms with Gasteiger partial charge in [0.15, 0.2) is 5.75 Å². The van der Waals surface area contributed by atoms with Crippen molar-refractivity contribution in [2.24, 2.45) is 0 Å². The van der Waals surface area contributed by atoms with Gasteiger partial charge in [-0.3, -0.25) is 4.79 Å². The molecule has 0 atom stereocenters. The number of ether oxygens (including phenoxy) is 1. The zero-order valence-electron chi connectivity index (χ0n) is 11.8. The fraction of sp³-hybridized carbons (Fsp3) is 0.333. The number of amides is 1. The fourth-order valence-corrected chi connectivity index (χ4v) is 3.00. The van der Waals surface area contributed by atoms with Crippen molar-refractivity contribution in [2.75, 3.05) is 18.5 Å². The first kappa shape index (κ1) is 13.9. The van der Waals surface area contributed by atoms with Gasteiger partial charge in [-0.1, -0.05) is 13.0 Å². The van der Waals surface area contributed by atoms with E-state index in [2.05, 4.69) is 22.5 Å². The third-order valence-electron chi connectivity index (χ3n) is 3.27. The normalized spacial score (nSPS) is 13.0. The van der Waals surface area contributed by atoms with Gasteiger partial charge in [-0.05, 0) is 18.6 Å². The lowest BCUT2D eigenvalue weighted by molar-refractivity contribution is 0.0946. The molecule has 0 fully saturated rings. The molecule has 2 aromatic rings. The molecule has 2 N–H and O–H groups in total. The number of aromatic nitrogens is 1. The molecule has 1 aromatic carbocycles. The predicted octanol–water partition coefficient (Wildman–Crippen LogP) is 2.44. The number of fused-ring (bicyclic) bond motifs is 1. The predicted molar refractivity (Wildman–Crippen MR) is 83.1 cm³/mol. The number of anilines is 1. The first-order valence-electron chi connectivity index (χ1n) is 6.99. The van der Waals surface area contributed by atoms with Crippen LogP contribution in [0.2, 0.25) is 0 Å². The fourth-order valence-electron chi connectivity index (χ4n) is 2.19. The molecule has 0 radical (unpaired) electrons. The largest absolute Gasteiger partial charge is 0.489 e. The Kier molecular flexibility index (Phi) is 4.06. The Balaban J connectivity index is 1.71. The number of para-hydroxylation sites is 1. The summed E-state index contributed by atoms with van der Waals surface area (Å²) in [5, 5.41) is 7.05. The summed E-state index contributed by atoms with van der Waals surface area (Å²) in [6, 6.07) is 5.55. The van der Waals surface area contributed by atoms with Crippen LogP contribution in [-0.2, 0) is 13.0 Å². The molecule has 21 heavy (non-hydrogen) atoms. The molecule has 1 aromatic heterocycles. The molecular formula is C15H17N3O2S. The number of carbonyl (C=O) groups is 1. The number of rotatable bonds is 4. The number of benzene rings is 1. The standard InChI is InChI=1S/C15H17N3O2S/c1-2-10-8-17-13(21-10)9-18-15(19)11-4-3-5-12-14(11)20-7-6-16-12/h3-5,8,16H,2,6-7,9H2,1H3,(H,18,19). The van der Waals surface area contributed by atoms with Crippen LogP contribution in [0.15, 0.2) is 24.4 Å². The van der Waals surface area contributed by atoms with Crippen LogP contribution in [0.1, 0.15) is 27.2 Å². The van der Waals surface area contributed by atoms with Crippen molar-refractivity contribution in [1.29, 1.82) is 0 Å². The van der Waals surface area contributed by atoms with Crippen LogP contribution in [0.4, 0.5) is 5.69 Å². The number of aryl methyl sites for hydroxylation is 1. The smallest absolute Gasteiger partial charge is 0.255 e. The molecule has 1 aliphatic heterocycles. The van der Waals surface area contributed by atoms with Crippen LogP contribution in [0.3, 0.4) is 0 Å². The van der Waals surface area contributed by atoms with Crippen molar-refractivity contribution in [1.82, 2.24) is 10.3 Å². The Morgan fingerprint density at radius 2 is 2.43 bits per heavy atom. The average Bonchev–Trinajstić information content (AvgIpc) is 3.00. The molecular weight excluding hydrogens is 286 g/mol. The van der Waals surface area contributed by atoms with E-state index in [1.54, 1.807) is 17.4 Å². The van der Waals surface area contributed by atoms with Gasteiger partial charge in [0.2, 0.25) is 0 Å². The first-order valence-corrected chi connectivity index (χ1v) is 7.81. The second kappa shape index (κ2) is 6.13. The second-order valence-corrected chi connectivity index (χ2v) is 5.91. The van der Waals surface area contributed by atoms with Crippen molar-refractivity contribution in [3.63, 3.8) is 0 Å². The second-order valence-electron chi connectivity index (χ2n) is 4.71. The molecule has 0 saturated carbocycles. The van der Waals surface area contributed by atoms with Crippen molar-refractivity contribution in [3.05, 3.63) is 39.8 Å². The minimum Gasteiger partial charge on any atom is -0.489 e. The lowest BCUT2D eigenvalue weighted by atomic mass is 10.1. The van der Waals surface area contributed by atoms with E-state index < -0.39 is 0 Å². The molecule has 1 amide bonds. The highest BCUT2D eigenvalue weighted by Gasteiger charge is 2.18. The van der Waals surface area contributed by atoms with Gasteiger partial charge < -0.3 is 15.4 Å². The number of nitrogens with one attached hydrogen (secondary N) is 2. The molecule has 110 valence electrons. The molecule has 3 rings (SSSR count). The number of carbonyl (C=O) groups excluding carboxylic acids is 1. The number of hydrogen-bond donors (Lipinski definition) is 2. The van der Waals surface area contributed by atoms with Crippen molar-refractivity contribution >= 4 is 22.9 Å². The van der Waals surface area contributed by atoms with E-state index in [9.17, 15) is 4.79 Å². The van der Waals surface area contributed by atoms with Gasteiger partial charge in [0, 0.05) is 17.6 Å². The first-order chi connectivity index (χ1) is 10.3. The van der Waals surface area contributed by atoms with Gasteiger partial charge in [-0.15, -0.1) is 11.3 Å². The highest BCUT2D eigenvalue weighted by atomic mass is 32.1. The Morgan fingerprint density at radius 1 is 1.52 bits per heavy atom. The van der Waals surface area contributed by atoms with Gasteiger partial charge >= 0.3 is 0 Å². The van der Waals surface area contributed by atoms with Crippen LogP contribution in [0.5, 0.6) is 5.75 Å². The van der Waals surface area contributed by atoms with Gasteiger partial charge in [-0.2, -0.15) is 0 Å². The monoisotopic (exact) mass is 303 g/mol. The van der Waals surface area contributed by atoms with E-state index in [1.807, 2.05) is 18.3 Å². The SMILES string of the molecule is CCc1cnc(CNC(=O)c2cccc3c2OCCN3)s1. The van der Waals surface area contributed by atoms with E-state index >= 15 is 0 Å². The highest BCUT2D eigenvalue weighted by molar-refractivity contribution is 7.11. The summed E-state index contributed by atoms with van der Waals surface area (Å²) in [4.78, 5) is 17.9. The molecule has 0 saturated heterocycles. The third-order valence-corrected chi connectivity index (χ3v) is 4.42. The van der Waals surface area contributed by atoms with Crippen LogP contribution in [-0.4, -0.2) is 24.0 Å². The number of hydrogen-bond acceptors (Lipinski definition) is 5. The lowest BCUT2D eigenvalue weighted by Gasteiger charge is -2.21. The molecule has 2 heterocycles. The van der Waals surface area contributed by atoms with Crippen LogP contribution >= 0.6 is 11.3 Å². The van der Waals surface area contributed by atoms with Crippen molar-refractivity contribution in [3.8, 4) is 5.75 Å². The van der Waals surface area contributed by atoms with Gasteiger partial charge in [-0.25, -0.2) is 4.98 Å². The van der Waals surface area contributed by atoms with E-state index in [0.717, 1.165) is 23.7 Å². The Hall–Kier alpha value is -2.08. The van der Waals surface area contributed by atoms with Gasteiger partial charge in [0.1, 0.15) is 11.6 Å². The van der Waals surface area contributed by atoms with E-state index in [4.69, 9.17) is 4.74 Å². The summed E-state index contributed by atoms with van der Waals surface area (Å²) >= 11 is 1.63. The Labute approximate surface area is 127 Å². The van der Waals surface area contributed by atoms with Gasteiger partial charge in [0.05, 0.1) is 17.8 Å². The minimum atomic E-state index is -0.135. The van der Waals surface area contributed by atoms with Gasteiger partial charge in [0.25, 0.3) is 5.91 Å². The van der Waals surface area contributed by atoms with E-state index in [0.29, 0.717) is 24.5 Å². The Morgan fingerprint density at radius 3 is 3.24 bits per heavy atom. The summed E-state index contributed by atoms with van der Waals surface area (Å²) in [6.45, 7) is 3.87. The summed E-state index contributed by atoms with van der Waals surface area (Å²) < 4.78 is 5.61. The van der Waals surface area contributed by atoms with Crippen LogP contribution < -0.4 is 15.4 Å². The van der Waals surface area contributed by atoms with Crippen LogP contribution in [0.25, 0.3) is 0 Å². The molecule has 0 spiro atoms. The summed E-state index contributed by atoms with van der Waals surface area (Å²) in [7, 11) is 0. The molecule has 6 heteroatoms. The lowest BCUT2D eigenvalue weighted by Crippen LogP contribution is -2.26. The molecule has 0 unspecified atom stereocenters. The zero-order chi connectivity index (χ0) is 14.7. The number of nitrogens with zero attached hydrogens (tertiary/aromatic N) is 1. The van der Waals surface area contributed by atoms with E-state index in [-0.39, 0.29) is 5.91 Å². The third kappa shape index (κ3) is 3.00. The molecule has 0 bridgehead atoms. The average molecular weight is 303 g/mol. The topological polar surface area (TPSA) is 63.2 Å². The quantitative estimate of drug-likeness (QED) is 0.910. The highest BCUT2D eigenvalue weighted by Crippen LogP contribution is 2.31.